The first-order valence-electron chi connectivity index (χ1n) is 3.39. The van der Waals surface area contributed by atoms with Crippen molar-refractivity contribution in [3.05, 3.63) is 12.0 Å². The Bertz CT molecular complexity index is 229. The first kappa shape index (κ1) is 6.28. The van der Waals surface area contributed by atoms with E-state index in [1.807, 2.05) is 11.8 Å². The molecule has 0 bridgehead atoms. The number of nitrogens with zero attached hydrogens (tertiary/aromatic N) is 1. The van der Waals surface area contributed by atoms with Crippen molar-refractivity contribution in [2.75, 3.05) is 0 Å². The Morgan fingerprint density at radius 1 is 1.70 bits per heavy atom. The molecule has 2 heterocycles. The van der Waals surface area contributed by atoms with Crippen LogP contribution < -0.4 is 0 Å². The molecule has 2 nitrogen and oxygen atoms in total. The van der Waals surface area contributed by atoms with Crippen molar-refractivity contribution < 1.29 is 0 Å². The highest BCUT2D eigenvalue weighted by atomic mass is 32.2. The third-order valence-corrected chi connectivity index (χ3v) is 2.90. The number of imidazole rings is 1. The molecule has 0 unspecified atom stereocenters. The van der Waals surface area contributed by atoms with Gasteiger partial charge in [0.25, 0.3) is 0 Å². The number of hydrogen-bond donors (Lipinski definition) is 1. The maximum absolute atomic E-state index is 4.20. The summed E-state index contributed by atoms with van der Waals surface area (Å²) in [5, 5.41) is 1.19. The van der Waals surface area contributed by atoms with Crippen molar-refractivity contribution in [3.63, 3.8) is 0 Å². The molecule has 1 aliphatic rings. The van der Waals surface area contributed by atoms with Crippen LogP contribution in [0.3, 0.4) is 0 Å². The first-order valence-corrected chi connectivity index (χ1v) is 4.20. The monoisotopic (exact) mass is 154 g/mol. The molecular weight excluding hydrogens is 144 g/mol. The second kappa shape index (κ2) is 1.78. The van der Waals surface area contributed by atoms with Crippen molar-refractivity contribution in [3.8, 4) is 0 Å². The van der Waals surface area contributed by atoms with E-state index in [4.69, 9.17) is 0 Å². The fourth-order valence-corrected chi connectivity index (χ4v) is 2.35. The normalized spacial score (nSPS) is 21.0. The topological polar surface area (TPSA) is 28.7 Å². The Morgan fingerprint density at radius 2 is 2.50 bits per heavy atom. The van der Waals surface area contributed by atoms with Gasteiger partial charge in [-0.15, -0.1) is 0 Å². The SMILES string of the molecule is CC1(C)Cc2[nH]cnc2S1. The highest BCUT2D eigenvalue weighted by molar-refractivity contribution is 8.00. The second-order valence-corrected chi connectivity index (χ2v) is 4.92. The Kier molecular flexibility index (Phi) is 1.12. The Hall–Kier alpha value is -0.440. The Balaban J connectivity index is 2.37. The van der Waals surface area contributed by atoms with Crippen molar-refractivity contribution >= 4 is 11.8 Å². The average Bonchev–Trinajstić information content (AvgIpc) is 2.20. The van der Waals surface area contributed by atoms with E-state index < -0.39 is 0 Å². The second-order valence-electron chi connectivity index (χ2n) is 3.22. The highest BCUT2D eigenvalue weighted by Crippen LogP contribution is 2.42. The van der Waals surface area contributed by atoms with Crippen LogP contribution in [0.25, 0.3) is 0 Å². The minimum absolute atomic E-state index is 0.357. The zero-order chi connectivity index (χ0) is 7.19. The molecule has 54 valence electrons. The Morgan fingerprint density at radius 3 is 3.20 bits per heavy atom. The molecule has 1 N–H and O–H groups in total. The van der Waals surface area contributed by atoms with E-state index >= 15 is 0 Å². The van der Waals surface area contributed by atoms with E-state index in [-0.39, 0.29) is 0 Å². The number of thioether (sulfide) groups is 1. The molecule has 1 aromatic heterocycles. The van der Waals surface area contributed by atoms with Crippen molar-refractivity contribution in [2.45, 2.75) is 30.0 Å². The van der Waals surface area contributed by atoms with Gasteiger partial charge in [0.2, 0.25) is 0 Å². The van der Waals surface area contributed by atoms with E-state index in [1.54, 1.807) is 6.33 Å². The lowest BCUT2D eigenvalue weighted by molar-refractivity contribution is 0.712. The van der Waals surface area contributed by atoms with Crippen molar-refractivity contribution in [2.24, 2.45) is 0 Å². The molecule has 3 heteroatoms. The lowest BCUT2D eigenvalue weighted by atomic mass is 10.1. The predicted molar refractivity (Wildman–Crippen MR) is 42.2 cm³/mol. The van der Waals surface area contributed by atoms with E-state index in [2.05, 4.69) is 23.8 Å². The molecular formula is C7H10N2S. The summed E-state index contributed by atoms with van der Waals surface area (Å²) >= 11 is 1.86. The molecule has 0 saturated carbocycles. The van der Waals surface area contributed by atoms with Crippen LogP contribution in [0.2, 0.25) is 0 Å². The summed E-state index contributed by atoms with van der Waals surface area (Å²) in [5.41, 5.74) is 1.30. The van der Waals surface area contributed by atoms with Crippen LogP contribution in [0, 0.1) is 0 Å². The van der Waals surface area contributed by atoms with Crippen LogP contribution in [0.15, 0.2) is 11.4 Å². The number of aromatic nitrogens is 2. The molecule has 0 spiro atoms. The molecule has 0 radical (unpaired) electrons. The summed E-state index contributed by atoms with van der Waals surface area (Å²) in [6.07, 6.45) is 2.89. The predicted octanol–water partition coefficient (Wildman–Crippen LogP) is 1.84. The van der Waals surface area contributed by atoms with Crippen LogP contribution in [-0.2, 0) is 6.42 Å². The standard InChI is InChI=1S/C7H10N2S/c1-7(2)3-5-6(10-7)9-4-8-5/h4H,3H2,1-2H3,(H,8,9). The Labute approximate surface area is 64.4 Å². The van der Waals surface area contributed by atoms with Crippen LogP contribution in [0.5, 0.6) is 0 Å². The number of H-pyrrole nitrogens is 1. The molecule has 0 saturated heterocycles. The lowest BCUT2D eigenvalue weighted by Crippen LogP contribution is -2.12. The van der Waals surface area contributed by atoms with E-state index in [0.29, 0.717) is 4.75 Å². The number of rotatable bonds is 0. The van der Waals surface area contributed by atoms with Gasteiger partial charge in [-0.25, -0.2) is 4.98 Å². The maximum Gasteiger partial charge on any atom is 0.118 e. The van der Waals surface area contributed by atoms with Crippen LogP contribution in [0.1, 0.15) is 19.5 Å². The summed E-state index contributed by atoms with van der Waals surface area (Å²) < 4.78 is 0.357. The summed E-state index contributed by atoms with van der Waals surface area (Å²) in [6, 6.07) is 0. The van der Waals surface area contributed by atoms with Crippen LogP contribution >= 0.6 is 11.8 Å². The minimum Gasteiger partial charge on any atom is -0.347 e. The zero-order valence-corrected chi connectivity index (χ0v) is 6.96. The molecule has 10 heavy (non-hydrogen) atoms. The molecule has 0 aromatic carbocycles. The van der Waals surface area contributed by atoms with Gasteiger partial charge in [-0.2, -0.15) is 0 Å². The average molecular weight is 154 g/mol. The minimum atomic E-state index is 0.357. The van der Waals surface area contributed by atoms with Gasteiger partial charge < -0.3 is 4.98 Å². The van der Waals surface area contributed by atoms with Crippen molar-refractivity contribution in [1.29, 1.82) is 0 Å². The molecule has 1 aliphatic heterocycles. The van der Waals surface area contributed by atoms with Gasteiger partial charge in [0.15, 0.2) is 0 Å². The van der Waals surface area contributed by atoms with Gasteiger partial charge in [0, 0.05) is 16.9 Å². The molecule has 0 amide bonds. The first-order chi connectivity index (χ1) is 4.67. The van der Waals surface area contributed by atoms with Gasteiger partial charge in [-0.3, -0.25) is 0 Å². The van der Waals surface area contributed by atoms with Gasteiger partial charge in [0.05, 0.1) is 6.33 Å². The number of aromatic amines is 1. The summed E-state index contributed by atoms with van der Waals surface area (Å²) in [4.78, 5) is 7.34. The molecule has 0 fully saturated rings. The van der Waals surface area contributed by atoms with Crippen LogP contribution in [0.4, 0.5) is 0 Å². The summed E-state index contributed by atoms with van der Waals surface area (Å²) in [5.74, 6) is 0. The van der Waals surface area contributed by atoms with Crippen molar-refractivity contribution in [1.82, 2.24) is 9.97 Å². The number of fused-ring (bicyclic) bond motifs is 1. The molecule has 1 aromatic rings. The van der Waals surface area contributed by atoms with Gasteiger partial charge in [-0.1, -0.05) is 11.8 Å². The number of hydrogen-bond acceptors (Lipinski definition) is 2. The summed E-state index contributed by atoms with van der Waals surface area (Å²) in [6.45, 7) is 4.49. The zero-order valence-electron chi connectivity index (χ0n) is 6.14. The molecule has 0 atom stereocenters. The molecule has 2 rings (SSSR count). The smallest absolute Gasteiger partial charge is 0.118 e. The highest BCUT2D eigenvalue weighted by Gasteiger charge is 2.30. The number of nitrogens with one attached hydrogen (secondary N) is 1. The quantitative estimate of drug-likeness (QED) is 0.617. The largest absolute Gasteiger partial charge is 0.347 e. The van der Waals surface area contributed by atoms with E-state index in [9.17, 15) is 0 Å². The van der Waals surface area contributed by atoms with Gasteiger partial charge in [0.1, 0.15) is 5.03 Å². The van der Waals surface area contributed by atoms with E-state index in [1.165, 1.54) is 10.7 Å². The fraction of sp³-hybridized carbons (Fsp3) is 0.571. The maximum atomic E-state index is 4.20. The summed E-state index contributed by atoms with van der Waals surface area (Å²) in [7, 11) is 0. The lowest BCUT2D eigenvalue weighted by Gasteiger charge is -2.13. The third-order valence-electron chi connectivity index (χ3n) is 1.65. The van der Waals surface area contributed by atoms with Gasteiger partial charge in [-0.05, 0) is 13.8 Å². The van der Waals surface area contributed by atoms with E-state index in [0.717, 1.165) is 6.42 Å². The van der Waals surface area contributed by atoms with Crippen LogP contribution in [-0.4, -0.2) is 14.7 Å². The fourth-order valence-electron chi connectivity index (χ4n) is 1.25. The third kappa shape index (κ3) is 0.850. The van der Waals surface area contributed by atoms with Gasteiger partial charge >= 0.3 is 0 Å². The molecule has 0 aliphatic carbocycles.